The molecular formula is C24H25NO4. The molecule has 0 saturated carbocycles. The average Bonchev–Trinajstić information content (AvgIpc) is 2.77. The van der Waals surface area contributed by atoms with E-state index < -0.39 is 0 Å². The van der Waals surface area contributed by atoms with Crippen LogP contribution in [0.4, 0.5) is 0 Å². The van der Waals surface area contributed by atoms with E-state index in [2.05, 4.69) is 5.32 Å². The topological polar surface area (TPSA) is 56.8 Å². The lowest BCUT2D eigenvalue weighted by Gasteiger charge is -2.12. The summed E-state index contributed by atoms with van der Waals surface area (Å²) in [6, 6.07) is 24.8. The van der Waals surface area contributed by atoms with Gasteiger partial charge in [0.1, 0.15) is 23.9 Å². The predicted molar refractivity (Wildman–Crippen MR) is 112 cm³/mol. The SMILES string of the molecule is CCOc1ccc(OCC(=O)NCc2ccccc2COc2ccccc2)cc1. The Morgan fingerprint density at radius 2 is 1.31 bits per heavy atom. The van der Waals surface area contributed by atoms with E-state index in [1.807, 2.05) is 73.7 Å². The van der Waals surface area contributed by atoms with Gasteiger partial charge in [0.25, 0.3) is 5.91 Å². The lowest BCUT2D eigenvalue weighted by atomic mass is 10.1. The Bertz CT molecular complexity index is 894. The first-order valence-corrected chi connectivity index (χ1v) is 9.61. The van der Waals surface area contributed by atoms with E-state index in [1.54, 1.807) is 12.1 Å². The van der Waals surface area contributed by atoms with Crippen LogP contribution in [0.25, 0.3) is 0 Å². The molecule has 5 nitrogen and oxygen atoms in total. The van der Waals surface area contributed by atoms with Crippen LogP contribution in [0.2, 0.25) is 0 Å². The minimum Gasteiger partial charge on any atom is -0.494 e. The number of nitrogens with one attached hydrogen (secondary N) is 1. The highest BCUT2D eigenvalue weighted by Gasteiger charge is 2.07. The second-order valence-corrected chi connectivity index (χ2v) is 6.34. The number of ether oxygens (including phenoxy) is 3. The summed E-state index contributed by atoms with van der Waals surface area (Å²) in [6.07, 6.45) is 0. The number of carbonyl (C=O) groups excluding carboxylic acids is 1. The molecule has 0 aromatic heterocycles. The van der Waals surface area contributed by atoms with Crippen LogP contribution >= 0.6 is 0 Å². The highest BCUT2D eigenvalue weighted by atomic mass is 16.5. The highest BCUT2D eigenvalue weighted by molar-refractivity contribution is 5.77. The summed E-state index contributed by atoms with van der Waals surface area (Å²) in [6.45, 7) is 3.36. The van der Waals surface area contributed by atoms with Crippen LogP contribution in [0.1, 0.15) is 18.1 Å². The summed E-state index contributed by atoms with van der Waals surface area (Å²) < 4.78 is 16.7. The quantitative estimate of drug-likeness (QED) is 0.558. The van der Waals surface area contributed by atoms with Gasteiger partial charge in [-0.15, -0.1) is 0 Å². The standard InChI is InChI=1S/C24H25NO4/c1-2-27-22-12-14-23(15-13-22)29-18-24(26)25-16-19-8-6-7-9-20(19)17-28-21-10-4-3-5-11-21/h3-15H,2,16-18H2,1H3,(H,25,26). The molecule has 150 valence electrons. The van der Waals surface area contributed by atoms with Crippen LogP contribution in [0.3, 0.4) is 0 Å². The van der Waals surface area contributed by atoms with Crippen LogP contribution in [0, 0.1) is 0 Å². The Morgan fingerprint density at radius 3 is 2.00 bits per heavy atom. The molecule has 0 unspecified atom stereocenters. The molecule has 3 aromatic rings. The average molecular weight is 391 g/mol. The summed E-state index contributed by atoms with van der Waals surface area (Å²) >= 11 is 0. The molecule has 3 aromatic carbocycles. The van der Waals surface area contributed by atoms with Crippen molar-refractivity contribution >= 4 is 5.91 Å². The fourth-order valence-electron chi connectivity index (χ4n) is 2.74. The minimum absolute atomic E-state index is 0.0450. The molecule has 0 spiro atoms. The predicted octanol–water partition coefficient (Wildman–Crippen LogP) is 4.36. The van der Waals surface area contributed by atoms with Crippen molar-refractivity contribution < 1.29 is 19.0 Å². The van der Waals surface area contributed by atoms with Gasteiger partial charge in [0.2, 0.25) is 0 Å². The van der Waals surface area contributed by atoms with Gasteiger partial charge in [-0.05, 0) is 54.4 Å². The molecule has 0 atom stereocenters. The Morgan fingerprint density at radius 1 is 0.724 bits per heavy atom. The van der Waals surface area contributed by atoms with Crippen LogP contribution in [-0.2, 0) is 17.9 Å². The Balaban J connectivity index is 1.47. The maximum atomic E-state index is 12.2. The van der Waals surface area contributed by atoms with Gasteiger partial charge in [-0.2, -0.15) is 0 Å². The lowest BCUT2D eigenvalue weighted by Crippen LogP contribution is -2.28. The summed E-state index contributed by atoms with van der Waals surface area (Å²) in [5, 5.41) is 2.90. The van der Waals surface area contributed by atoms with Crippen molar-refractivity contribution in [3.63, 3.8) is 0 Å². The molecule has 0 heterocycles. The lowest BCUT2D eigenvalue weighted by molar-refractivity contribution is -0.123. The minimum atomic E-state index is -0.183. The van der Waals surface area contributed by atoms with Crippen LogP contribution in [0.5, 0.6) is 17.2 Å². The van der Waals surface area contributed by atoms with Crippen molar-refractivity contribution in [2.24, 2.45) is 0 Å². The molecule has 0 bridgehead atoms. The van der Waals surface area contributed by atoms with Crippen LogP contribution < -0.4 is 19.5 Å². The number of para-hydroxylation sites is 1. The molecule has 0 fully saturated rings. The second-order valence-electron chi connectivity index (χ2n) is 6.34. The monoisotopic (exact) mass is 391 g/mol. The molecule has 29 heavy (non-hydrogen) atoms. The van der Waals surface area contributed by atoms with Crippen molar-refractivity contribution in [2.45, 2.75) is 20.1 Å². The first-order chi connectivity index (χ1) is 14.2. The van der Waals surface area contributed by atoms with Crippen molar-refractivity contribution in [3.05, 3.63) is 90.0 Å². The number of hydrogen-bond acceptors (Lipinski definition) is 4. The number of carbonyl (C=O) groups is 1. The zero-order chi connectivity index (χ0) is 20.3. The third-order valence-electron chi connectivity index (χ3n) is 4.24. The largest absolute Gasteiger partial charge is 0.494 e. The molecule has 1 amide bonds. The Labute approximate surface area is 171 Å². The van der Waals surface area contributed by atoms with Gasteiger partial charge in [0, 0.05) is 6.54 Å². The van der Waals surface area contributed by atoms with Gasteiger partial charge in [0.05, 0.1) is 6.61 Å². The van der Waals surface area contributed by atoms with E-state index in [4.69, 9.17) is 14.2 Å². The van der Waals surface area contributed by atoms with E-state index >= 15 is 0 Å². The molecule has 0 radical (unpaired) electrons. The van der Waals surface area contributed by atoms with E-state index in [-0.39, 0.29) is 12.5 Å². The molecule has 0 saturated heterocycles. The summed E-state index contributed by atoms with van der Waals surface area (Å²) in [5.41, 5.74) is 2.04. The normalized spacial score (nSPS) is 10.2. The van der Waals surface area contributed by atoms with Crippen LogP contribution in [-0.4, -0.2) is 19.1 Å². The molecule has 0 aliphatic heterocycles. The molecule has 0 aliphatic carbocycles. The van der Waals surface area contributed by atoms with E-state index in [0.29, 0.717) is 25.5 Å². The van der Waals surface area contributed by atoms with Gasteiger partial charge in [-0.1, -0.05) is 42.5 Å². The fraction of sp³-hybridized carbons (Fsp3) is 0.208. The fourth-order valence-corrected chi connectivity index (χ4v) is 2.74. The third kappa shape index (κ3) is 6.57. The first kappa shape index (κ1) is 20.3. The zero-order valence-corrected chi connectivity index (χ0v) is 16.5. The molecule has 3 rings (SSSR count). The number of rotatable bonds is 10. The Kier molecular flexibility index (Phi) is 7.52. The maximum Gasteiger partial charge on any atom is 0.258 e. The molecule has 5 heteroatoms. The van der Waals surface area contributed by atoms with Crippen molar-refractivity contribution in [2.75, 3.05) is 13.2 Å². The molecular weight excluding hydrogens is 366 g/mol. The summed E-state index contributed by atoms with van der Waals surface area (Å²) in [7, 11) is 0. The van der Waals surface area contributed by atoms with Gasteiger partial charge in [-0.25, -0.2) is 0 Å². The second kappa shape index (κ2) is 10.8. The van der Waals surface area contributed by atoms with E-state index in [1.165, 1.54) is 0 Å². The Hall–Kier alpha value is -3.47. The van der Waals surface area contributed by atoms with E-state index in [9.17, 15) is 4.79 Å². The van der Waals surface area contributed by atoms with Crippen molar-refractivity contribution in [3.8, 4) is 17.2 Å². The van der Waals surface area contributed by atoms with Crippen molar-refractivity contribution in [1.29, 1.82) is 0 Å². The smallest absolute Gasteiger partial charge is 0.258 e. The first-order valence-electron chi connectivity index (χ1n) is 9.61. The van der Waals surface area contributed by atoms with E-state index in [0.717, 1.165) is 22.6 Å². The number of amides is 1. The van der Waals surface area contributed by atoms with Gasteiger partial charge >= 0.3 is 0 Å². The van der Waals surface area contributed by atoms with Gasteiger partial charge < -0.3 is 19.5 Å². The maximum absolute atomic E-state index is 12.2. The summed E-state index contributed by atoms with van der Waals surface area (Å²) in [5.74, 6) is 2.03. The molecule has 1 N–H and O–H groups in total. The molecule has 0 aliphatic rings. The van der Waals surface area contributed by atoms with Crippen molar-refractivity contribution in [1.82, 2.24) is 5.32 Å². The van der Waals surface area contributed by atoms with Crippen LogP contribution in [0.15, 0.2) is 78.9 Å². The summed E-state index contributed by atoms with van der Waals surface area (Å²) in [4.78, 5) is 12.2. The highest BCUT2D eigenvalue weighted by Crippen LogP contribution is 2.17. The number of benzene rings is 3. The number of hydrogen-bond donors (Lipinski definition) is 1. The third-order valence-corrected chi connectivity index (χ3v) is 4.24. The zero-order valence-electron chi connectivity index (χ0n) is 16.5. The van der Waals surface area contributed by atoms with Gasteiger partial charge in [-0.3, -0.25) is 4.79 Å². The van der Waals surface area contributed by atoms with Gasteiger partial charge in [0.15, 0.2) is 6.61 Å².